The van der Waals surface area contributed by atoms with Crippen molar-refractivity contribution in [2.75, 3.05) is 26.9 Å². The molecular formula is C31H42N2O3. The molecule has 2 aromatic carbocycles. The number of rotatable bonds is 7. The summed E-state index contributed by atoms with van der Waals surface area (Å²) in [4.78, 5) is 2.79. The number of nitrogens with one attached hydrogen (secondary N) is 1. The Morgan fingerprint density at radius 2 is 1.92 bits per heavy atom. The van der Waals surface area contributed by atoms with Crippen LogP contribution in [0.25, 0.3) is 0 Å². The Morgan fingerprint density at radius 3 is 2.58 bits per heavy atom. The Bertz CT molecular complexity index is 1120. The summed E-state index contributed by atoms with van der Waals surface area (Å²) < 4.78 is 5.66. The first-order valence-electron chi connectivity index (χ1n) is 14.0. The Kier molecular flexibility index (Phi) is 5.90. The van der Waals surface area contributed by atoms with E-state index in [1.54, 1.807) is 7.11 Å². The molecule has 0 spiro atoms. The number of aromatic hydroxyl groups is 1. The molecule has 6 rings (SSSR count). The summed E-state index contributed by atoms with van der Waals surface area (Å²) >= 11 is 0. The summed E-state index contributed by atoms with van der Waals surface area (Å²) in [6, 6.07) is 15.7. The minimum atomic E-state index is -0.163. The molecular weight excluding hydrogens is 448 g/mol. The van der Waals surface area contributed by atoms with Crippen LogP contribution < -0.4 is 10.1 Å². The van der Waals surface area contributed by atoms with Crippen molar-refractivity contribution in [1.29, 1.82) is 0 Å². The molecule has 3 aliphatic carbocycles. The van der Waals surface area contributed by atoms with Crippen LogP contribution in [0.1, 0.15) is 69.1 Å². The van der Waals surface area contributed by atoms with Crippen molar-refractivity contribution >= 4 is 0 Å². The number of aliphatic hydroxyl groups is 1. The number of likely N-dealkylation sites (tertiary alicyclic amines) is 1. The van der Waals surface area contributed by atoms with E-state index >= 15 is 0 Å². The zero-order valence-corrected chi connectivity index (χ0v) is 22.1. The lowest BCUT2D eigenvalue weighted by molar-refractivity contribution is -0.117. The lowest BCUT2D eigenvalue weighted by Crippen LogP contribution is -2.73. The van der Waals surface area contributed by atoms with E-state index in [0.29, 0.717) is 17.5 Å². The number of ether oxygens (including phenoxy) is 1. The Hall–Kier alpha value is -2.08. The van der Waals surface area contributed by atoms with Crippen LogP contribution in [0.5, 0.6) is 11.5 Å². The van der Waals surface area contributed by atoms with Crippen molar-refractivity contribution in [2.45, 2.75) is 81.7 Å². The fourth-order valence-corrected chi connectivity index (χ4v) is 8.82. The molecule has 3 fully saturated rings. The van der Waals surface area contributed by atoms with Crippen molar-refractivity contribution in [3.05, 3.63) is 59.2 Å². The molecule has 5 nitrogen and oxygen atoms in total. The van der Waals surface area contributed by atoms with Gasteiger partial charge < -0.3 is 14.9 Å². The topological polar surface area (TPSA) is 65.0 Å². The van der Waals surface area contributed by atoms with Gasteiger partial charge >= 0.3 is 0 Å². The SMILES string of the molecule is CC[C@]1(c2ccccc2)CC23CCN(CC4CC4)C(Cc4ccc(OC)c(O)c42)[C@@]3(C)CC1NCO. The molecule has 1 saturated heterocycles. The van der Waals surface area contributed by atoms with Gasteiger partial charge in [-0.3, -0.25) is 10.2 Å². The molecule has 5 heteroatoms. The highest BCUT2D eigenvalue weighted by molar-refractivity contribution is 5.58. The number of piperidine rings is 1. The number of aliphatic hydroxyl groups excluding tert-OH is 1. The van der Waals surface area contributed by atoms with Gasteiger partial charge in [0.25, 0.3) is 0 Å². The third-order valence-electron chi connectivity index (χ3n) is 10.9. The van der Waals surface area contributed by atoms with Gasteiger partial charge in [-0.2, -0.15) is 0 Å². The van der Waals surface area contributed by atoms with Crippen molar-refractivity contribution in [3.63, 3.8) is 0 Å². The van der Waals surface area contributed by atoms with Crippen LogP contribution in [0.15, 0.2) is 42.5 Å². The summed E-state index contributed by atoms with van der Waals surface area (Å²) in [6.45, 7) is 7.06. The molecule has 1 aliphatic heterocycles. The van der Waals surface area contributed by atoms with E-state index in [2.05, 4.69) is 60.5 Å². The van der Waals surface area contributed by atoms with E-state index in [1.165, 1.54) is 30.5 Å². The van der Waals surface area contributed by atoms with Gasteiger partial charge in [-0.25, -0.2) is 0 Å². The number of phenolic OH excluding ortho intramolecular Hbond substituents is 1. The minimum absolute atomic E-state index is 0.0194. The van der Waals surface area contributed by atoms with Gasteiger partial charge in [-0.1, -0.05) is 50.2 Å². The highest BCUT2D eigenvalue weighted by Gasteiger charge is 2.68. The van der Waals surface area contributed by atoms with Crippen molar-refractivity contribution in [2.24, 2.45) is 11.3 Å². The molecule has 5 atom stereocenters. The molecule has 2 saturated carbocycles. The van der Waals surface area contributed by atoms with E-state index < -0.39 is 0 Å². The predicted molar refractivity (Wildman–Crippen MR) is 143 cm³/mol. The Morgan fingerprint density at radius 1 is 1.14 bits per heavy atom. The van der Waals surface area contributed by atoms with E-state index in [0.717, 1.165) is 50.1 Å². The molecule has 194 valence electrons. The summed E-state index contributed by atoms with van der Waals surface area (Å²) in [5, 5.41) is 25.4. The average Bonchev–Trinajstić information content (AvgIpc) is 3.70. The summed E-state index contributed by atoms with van der Waals surface area (Å²) in [5.74, 6) is 1.78. The zero-order chi connectivity index (χ0) is 25.1. The van der Waals surface area contributed by atoms with Crippen molar-refractivity contribution in [1.82, 2.24) is 10.2 Å². The van der Waals surface area contributed by atoms with Crippen LogP contribution in [-0.2, 0) is 17.3 Å². The molecule has 3 unspecified atom stereocenters. The fourth-order valence-electron chi connectivity index (χ4n) is 8.82. The van der Waals surface area contributed by atoms with E-state index in [4.69, 9.17) is 4.74 Å². The normalized spacial score (nSPS) is 35.7. The second kappa shape index (κ2) is 8.75. The fraction of sp³-hybridized carbons (Fsp3) is 0.613. The molecule has 0 amide bonds. The molecule has 4 aliphatic rings. The maximum Gasteiger partial charge on any atom is 0.161 e. The van der Waals surface area contributed by atoms with Crippen LogP contribution in [-0.4, -0.2) is 54.1 Å². The number of nitrogens with zero attached hydrogens (tertiary/aromatic N) is 1. The molecule has 2 aromatic rings. The standard InChI is InChI=1S/C31H42N2O3/c1-4-30(23-8-6-5-7-9-23)19-31-14-15-33(18-21-10-11-21)26(29(31,2)17-25(30)32-20-34)16-22-12-13-24(36-3)28(35)27(22)31/h5-9,12-13,21,25-26,32,34-35H,4,10-11,14-20H2,1-3H3/t25?,26?,29-,30-,31?/m1/s1. The maximum atomic E-state index is 11.7. The third-order valence-corrected chi connectivity index (χ3v) is 10.9. The number of methoxy groups -OCH3 is 1. The monoisotopic (exact) mass is 490 g/mol. The predicted octanol–water partition coefficient (Wildman–Crippen LogP) is 4.74. The molecule has 2 bridgehead atoms. The van der Waals surface area contributed by atoms with E-state index in [1.807, 2.05) is 6.07 Å². The highest BCUT2D eigenvalue weighted by Crippen LogP contribution is 2.69. The second-order valence-electron chi connectivity index (χ2n) is 12.2. The van der Waals surface area contributed by atoms with E-state index in [-0.39, 0.29) is 29.0 Å². The molecule has 0 aromatic heterocycles. The number of hydrogen-bond acceptors (Lipinski definition) is 5. The lowest BCUT2D eigenvalue weighted by atomic mass is 9.39. The van der Waals surface area contributed by atoms with Crippen molar-refractivity contribution in [3.8, 4) is 11.5 Å². The maximum absolute atomic E-state index is 11.7. The zero-order valence-electron chi connectivity index (χ0n) is 22.1. The quantitative estimate of drug-likeness (QED) is 0.490. The van der Waals surface area contributed by atoms with E-state index in [9.17, 15) is 10.2 Å². The summed E-state index contributed by atoms with van der Waals surface area (Å²) in [6.07, 6.45) is 7.63. The largest absolute Gasteiger partial charge is 0.504 e. The molecule has 36 heavy (non-hydrogen) atoms. The van der Waals surface area contributed by atoms with Gasteiger partial charge in [0, 0.05) is 35.0 Å². The van der Waals surface area contributed by atoms with Gasteiger partial charge in [0.05, 0.1) is 13.8 Å². The lowest BCUT2D eigenvalue weighted by Gasteiger charge is -2.70. The average molecular weight is 491 g/mol. The van der Waals surface area contributed by atoms with Gasteiger partial charge in [-0.05, 0) is 80.0 Å². The first-order chi connectivity index (χ1) is 17.4. The third kappa shape index (κ3) is 3.32. The Labute approximate surface area is 215 Å². The number of phenols is 1. The summed E-state index contributed by atoms with van der Waals surface area (Å²) in [5.41, 5.74) is 3.43. The first kappa shape index (κ1) is 24.3. The molecule has 1 heterocycles. The number of fused-ring (bicyclic) bond motifs is 1. The summed E-state index contributed by atoms with van der Waals surface area (Å²) in [7, 11) is 1.66. The molecule has 0 radical (unpaired) electrons. The second-order valence-corrected chi connectivity index (χ2v) is 12.2. The Balaban J connectivity index is 1.57. The van der Waals surface area contributed by atoms with Crippen LogP contribution >= 0.6 is 0 Å². The van der Waals surface area contributed by atoms with Gasteiger partial charge in [0.1, 0.15) is 0 Å². The van der Waals surface area contributed by atoms with Gasteiger partial charge in [0.15, 0.2) is 11.5 Å². The van der Waals surface area contributed by atoms with Crippen LogP contribution in [0.4, 0.5) is 0 Å². The smallest absolute Gasteiger partial charge is 0.161 e. The number of benzene rings is 2. The van der Waals surface area contributed by atoms with Crippen LogP contribution in [0.3, 0.4) is 0 Å². The van der Waals surface area contributed by atoms with Crippen LogP contribution in [0.2, 0.25) is 0 Å². The first-order valence-corrected chi connectivity index (χ1v) is 14.0. The van der Waals surface area contributed by atoms with Crippen LogP contribution in [0, 0.1) is 11.3 Å². The van der Waals surface area contributed by atoms with Gasteiger partial charge in [0.2, 0.25) is 0 Å². The number of hydrogen-bond donors (Lipinski definition) is 3. The minimum Gasteiger partial charge on any atom is -0.504 e. The van der Waals surface area contributed by atoms with Gasteiger partial charge in [-0.15, -0.1) is 0 Å². The van der Waals surface area contributed by atoms with Crippen molar-refractivity contribution < 1.29 is 14.9 Å². The highest BCUT2D eigenvalue weighted by atomic mass is 16.5. The molecule has 3 N–H and O–H groups in total.